The van der Waals surface area contributed by atoms with Gasteiger partial charge >= 0.3 is 0 Å². The molecule has 0 aliphatic carbocycles. The Morgan fingerprint density at radius 1 is 1.08 bits per heavy atom. The highest BCUT2D eigenvalue weighted by Crippen LogP contribution is 2.40. The molecule has 1 N–H and O–H groups in total. The zero-order valence-corrected chi connectivity index (χ0v) is 14.6. The van der Waals surface area contributed by atoms with Gasteiger partial charge in [-0.05, 0) is 29.8 Å². The number of aromatic nitrogens is 2. The van der Waals surface area contributed by atoms with Crippen LogP contribution in [0.1, 0.15) is 23.6 Å². The first-order valence-corrected chi connectivity index (χ1v) is 8.35. The molecule has 4 rings (SSSR count). The van der Waals surface area contributed by atoms with Crippen molar-refractivity contribution in [2.24, 2.45) is 0 Å². The normalized spacial score (nSPS) is 15.9. The molecule has 0 bridgehead atoms. The molecule has 0 spiro atoms. The maximum absolute atomic E-state index is 12.4. The molecule has 0 fully saturated rings. The minimum Gasteiger partial charge on any atom is -0.493 e. The number of carbonyl (C=O) groups excluding carboxylic acids is 1. The van der Waals surface area contributed by atoms with Gasteiger partial charge in [0.25, 0.3) is 0 Å². The number of carbonyl (C=O) groups is 1. The molecule has 0 saturated heterocycles. The van der Waals surface area contributed by atoms with Gasteiger partial charge in [0.2, 0.25) is 5.91 Å². The van der Waals surface area contributed by atoms with Gasteiger partial charge in [-0.3, -0.25) is 9.36 Å². The summed E-state index contributed by atoms with van der Waals surface area (Å²) in [5, 5.41) is 2.96. The molecule has 6 nitrogen and oxygen atoms in total. The second-order valence-corrected chi connectivity index (χ2v) is 6.10. The Balaban J connectivity index is 1.79. The van der Waals surface area contributed by atoms with E-state index in [4.69, 9.17) is 9.47 Å². The van der Waals surface area contributed by atoms with Crippen LogP contribution in [0.25, 0.3) is 5.69 Å². The van der Waals surface area contributed by atoms with Crippen LogP contribution >= 0.6 is 0 Å². The molecule has 1 aromatic heterocycles. The Kier molecular flexibility index (Phi) is 4.08. The lowest BCUT2D eigenvalue weighted by Crippen LogP contribution is -2.24. The van der Waals surface area contributed by atoms with Crippen molar-refractivity contribution in [3.05, 3.63) is 66.1 Å². The Morgan fingerprint density at radius 3 is 2.58 bits per heavy atom. The number of anilines is 1. The molecule has 3 aromatic rings. The molecule has 0 saturated carbocycles. The van der Waals surface area contributed by atoms with Gasteiger partial charge in [-0.15, -0.1) is 0 Å². The lowest BCUT2D eigenvalue weighted by atomic mass is 9.89. The number of hydrogen-bond donors (Lipinski definition) is 1. The van der Waals surface area contributed by atoms with Crippen LogP contribution in [-0.2, 0) is 4.79 Å². The van der Waals surface area contributed by atoms with Crippen LogP contribution in [0.15, 0.2) is 54.9 Å². The van der Waals surface area contributed by atoms with Gasteiger partial charge in [0, 0.05) is 18.0 Å². The van der Waals surface area contributed by atoms with Crippen molar-refractivity contribution >= 4 is 11.7 Å². The number of para-hydroxylation sites is 1. The molecule has 26 heavy (non-hydrogen) atoms. The highest BCUT2D eigenvalue weighted by atomic mass is 16.5. The van der Waals surface area contributed by atoms with Crippen LogP contribution in [0, 0.1) is 0 Å². The predicted molar refractivity (Wildman–Crippen MR) is 98.2 cm³/mol. The molecule has 0 radical (unpaired) electrons. The number of benzene rings is 2. The van der Waals surface area contributed by atoms with Crippen LogP contribution in [0.2, 0.25) is 0 Å². The fourth-order valence-electron chi connectivity index (χ4n) is 3.34. The number of nitrogens with zero attached hydrogens (tertiary/aromatic N) is 2. The summed E-state index contributed by atoms with van der Waals surface area (Å²) in [6, 6.07) is 15.6. The topological polar surface area (TPSA) is 65.4 Å². The quantitative estimate of drug-likeness (QED) is 0.784. The van der Waals surface area contributed by atoms with E-state index in [1.807, 2.05) is 53.1 Å². The summed E-state index contributed by atoms with van der Waals surface area (Å²) in [6.07, 6.45) is 2.09. The Morgan fingerprint density at radius 2 is 1.85 bits per heavy atom. The zero-order valence-electron chi connectivity index (χ0n) is 14.6. The first-order chi connectivity index (χ1) is 12.7. The third-order valence-corrected chi connectivity index (χ3v) is 4.62. The van der Waals surface area contributed by atoms with Gasteiger partial charge in [0.1, 0.15) is 12.1 Å². The summed E-state index contributed by atoms with van der Waals surface area (Å²) in [5.41, 5.74) is 2.77. The molecule has 0 unspecified atom stereocenters. The van der Waals surface area contributed by atoms with E-state index in [0.29, 0.717) is 23.7 Å². The van der Waals surface area contributed by atoms with Crippen LogP contribution in [0.3, 0.4) is 0 Å². The van der Waals surface area contributed by atoms with E-state index < -0.39 is 0 Å². The molecule has 1 aliphatic heterocycles. The van der Waals surface area contributed by atoms with Crippen molar-refractivity contribution in [1.82, 2.24) is 9.55 Å². The van der Waals surface area contributed by atoms with Crippen molar-refractivity contribution < 1.29 is 14.3 Å². The Labute approximate surface area is 151 Å². The van der Waals surface area contributed by atoms with Gasteiger partial charge < -0.3 is 14.8 Å². The molecule has 1 aliphatic rings. The lowest BCUT2D eigenvalue weighted by Gasteiger charge is -2.24. The van der Waals surface area contributed by atoms with Crippen molar-refractivity contribution in [1.29, 1.82) is 0 Å². The number of methoxy groups -OCH3 is 2. The second kappa shape index (κ2) is 6.55. The third-order valence-electron chi connectivity index (χ3n) is 4.62. The van der Waals surface area contributed by atoms with E-state index in [9.17, 15) is 4.79 Å². The minimum absolute atomic E-state index is 0.0324. The summed E-state index contributed by atoms with van der Waals surface area (Å²) in [5.74, 6) is 1.84. The summed E-state index contributed by atoms with van der Waals surface area (Å²) >= 11 is 0. The number of imidazole rings is 1. The van der Waals surface area contributed by atoms with Gasteiger partial charge in [0.15, 0.2) is 11.5 Å². The number of fused-ring (bicyclic) bond motifs is 1. The van der Waals surface area contributed by atoms with E-state index in [1.54, 1.807) is 20.5 Å². The average molecular weight is 349 g/mol. The minimum atomic E-state index is -0.136. The third kappa shape index (κ3) is 2.69. The van der Waals surface area contributed by atoms with Gasteiger partial charge in [-0.1, -0.05) is 24.3 Å². The van der Waals surface area contributed by atoms with Crippen LogP contribution in [0.4, 0.5) is 5.82 Å². The van der Waals surface area contributed by atoms with Crippen molar-refractivity contribution in [2.75, 3.05) is 19.5 Å². The molecule has 2 aromatic carbocycles. The zero-order chi connectivity index (χ0) is 18.1. The predicted octanol–water partition coefficient (Wildman–Crippen LogP) is 3.36. The summed E-state index contributed by atoms with van der Waals surface area (Å²) < 4.78 is 12.6. The number of rotatable bonds is 4. The van der Waals surface area contributed by atoms with Crippen LogP contribution in [-0.4, -0.2) is 29.7 Å². The van der Waals surface area contributed by atoms with E-state index in [2.05, 4.69) is 10.3 Å². The van der Waals surface area contributed by atoms with E-state index in [1.165, 1.54) is 0 Å². The molecule has 2 heterocycles. The highest BCUT2D eigenvalue weighted by Gasteiger charge is 2.31. The van der Waals surface area contributed by atoms with E-state index in [-0.39, 0.29) is 11.8 Å². The number of hydrogen-bond acceptors (Lipinski definition) is 4. The fraction of sp³-hybridized carbons (Fsp3) is 0.200. The van der Waals surface area contributed by atoms with Crippen LogP contribution < -0.4 is 14.8 Å². The van der Waals surface area contributed by atoms with Crippen molar-refractivity contribution in [3.63, 3.8) is 0 Å². The number of nitrogens with one attached hydrogen (secondary N) is 1. The molecule has 1 amide bonds. The smallest absolute Gasteiger partial charge is 0.226 e. The first-order valence-electron chi connectivity index (χ1n) is 8.35. The maximum atomic E-state index is 12.4. The molecule has 1 atom stereocenters. The molecular weight excluding hydrogens is 330 g/mol. The molecule has 132 valence electrons. The van der Waals surface area contributed by atoms with E-state index >= 15 is 0 Å². The maximum Gasteiger partial charge on any atom is 0.226 e. The Bertz CT molecular complexity index is 950. The van der Waals surface area contributed by atoms with Gasteiger partial charge in [-0.2, -0.15) is 0 Å². The summed E-state index contributed by atoms with van der Waals surface area (Å²) in [7, 11) is 3.20. The first kappa shape index (κ1) is 16.2. The fourth-order valence-corrected chi connectivity index (χ4v) is 3.34. The second-order valence-electron chi connectivity index (χ2n) is 6.10. The van der Waals surface area contributed by atoms with Gasteiger partial charge in [0.05, 0.1) is 19.9 Å². The largest absolute Gasteiger partial charge is 0.493 e. The van der Waals surface area contributed by atoms with Crippen molar-refractivity contribution in [3.8, 4) is 17.2 Å². The lowest BCUT2D eigenvalue weighted by molar-refractivity contribution is -0.116. The number of ether oxygens (including phenoxy) is 2. The molecule has 6 heteroatoms. The van der Waals surface area contributed by atoms with Gasteiger partial charge in [-0.25, -0.2) is 4.98 Å². The molecular formula is C20H19N3O3. The monoisotopic (exact) mass is 349 g/mol. The standard InChI is InChI=1S/C20H19N3O3/c1-25-16-9-8-13(10-17(16)26-2)15-11-18(24)22-20-19(15)21-12-23(20)14-6-4-3-5-7-14/h3-10,12,15H,11H2,1-2H3,(H,22,24)/t15-/m0/s1. The Hall–Kier alpha value is -3.28. The summed E-state index contributed by atoms with van der Waals surface area (Å²) in [6.45, 7) is 0. The highest BCUT2D eigenvalue weighted by molar-refractivity contribution is 5.94. The van der Waals surface area contributed by atoms with Crippen molar-refractivity contribution in [2.45, 2.75) is 12.3 Å². The van der Waals surface area contributed by atoms with Crippen LogP contribution in [0.5, 0.6) is 11.5 Å². The SMILES string of the molecule is COc1ccc([C@@H]2CC(=O)Nc3c2ncn3-c2ccccc2)cc1OC. The van der Waals surface area contributed by atoms with E-state index in [0.717, 1.165) is 16.9 Å². The number of amides is 1. The average Bonchev–Trinajstić information content (AvgIpc) is 3.11. The summed E-state index contributed by atoms with van der Waals surface area (Å²) in [4.78, 5) is 17.0.